The molecule has 0 aromatic heterocycles. The Morgan fingerprint density at radius 2 is 2.26 bits per heavy atom. The van der Waals surface area contributed by atoms with Gasteiger partial charge in [-0.1, -0.05) is 25.4 Å². The molecule has 19 heavy (non-hydrogen) atoms. The predicted molar refractivity (Wildman–Crippen MR) is 74.5 cm³/mol. The highest BCUT2D eigenvalue weighted by atomic mass is 35.5. The van der Waals surface area contributed by atoms with Crippen LogP contribution >= 0.6 is 11.6 Å². The van der Waals surface area contributed by atoms with E-state index in [0.717, 1.165) is 5.56 Å². The number of carbonyl (C=O) groups is 1. The summed E-state index contributed by atoms with van der Waals surface area (Å²) in [5, 5.41) is 3.29. The Kier molecular flexibility index (Phi) is 4.32. The van der Waals surface area contributed by atoms with Crippen LogP contribution in [0.1, 0.15) is 19.4 Å². The molecule has 0 bridgehead atoms. The van der Waals surface area contributed by atoms with Gasteiger partial charge in [-0.2, -0.15) is 0 Å². The number of fused-ring (bicyclic) bond motifs is 1. The van der Waals surface area contributed by atoms with Gasteiger partial charge >= 0.3 is 0 Å². The standard InChI is InChI=1S/C14H16ClNO3/c1-9(2)7-16-13(17)4-3-10-5-11(15)14-12(6-10)18-8-19-14/h3-6,9H,7-8H2,1-2H3,(H,16,17)/b4-3+. The molecule has 0 saturated carbocycles. The number of amides is 1. The van der Waals surface area contributed by atoms with Crippen molar-refractivity contribution < 1.29 is 14.3 Å². The van der Waals surface area contributed by atoms with Gasteiger partial charge in [-0.15, -0.1) is 0 Å². The average Bonchev–Trinajstić information content (AvgIpc) is 2.82. The first-order valence-electron chi connectivity index (χ1n) is 6.11. The summed E-state index contributed by atoms with van der Waals surface area (Å²) in [5.41, 5.74) is 0.800. The molecule has 0 unspecified atom stereocenters. The number of hydrogen-bond donors (Lipinski definition) is 1. The second kappa shape index (κ2) is 5.97. The number of carbonyl (C=O) groups excluding carboxylic acids is 1. The summed E-state index contributed by atoms with van der Waals surface area (Å²) in [6, 6.07) is 3.53. The van der Waals surface area contributed by atoms with Gasteiger partial charge < -0.3 is 14.8 Å². The van der Waals surface area contributed by atoms with E-state index in [1.54, 1.807) is 18.2 Å². The molecule has 0 saturated heterocycles. The van der Waals surface area contributed by atoms with Crippen LogP contribution in [0.2, 0.25) is 5.02 Å². The minimum absolute atomic E-state index is 0.123. The summed E-state index contributed by atoms with van der Waals surface area (Å²) in [5.74, 6) is 1.47. The van der Waals surface area contributed by atoms with Gasteiger partial charge in [0.25, 0.3) is 0 Å². The second-order valence-corrected chi connectivity index (χ2v) is 5.12. The zero-order chi connectivity index (χ0) is 13.8. The first-order valence-corrected chi connectivity index (χ1v) is 6.49. The molecule has 0 spiro atoms. The van der Waals surface area contributed by atoms with Crippen molar-refractivity contribution in [3.63, 3.8) is 0 Å². The smallest absolute Gasteiger partial charge is 0.244 e. The van der Waals surface area contributed by atoms with Crippen LogP contribution < -0.4 is 14.8 Å². The molecule has 1 aromatic rings. The summed E-state index contributed by atoms with van der Waals surface area (Å²) >= 11 is 6.05. The fourth-order valence-electron chi connectivity index (χ4n) is 1.62. The fraction of sp³-hybridized carbons (Fsp3) is 0.357. The van der Waals surface area contributed by atoms with E-state index in [-0.39, 0.29) is 12.7 Å². The Balaban J connectivity index is 2.03. The number of hydrogen-bond acceptors (Lipinski definition) is 3. The lowest BCUT2D eigenvalue weighted by Crippen LogP contribution is -2.25. The SMILES string of the molecule is CC(C)CNC(=O)/C=C/c1cc(Cl)c2c(c1)OCO2. The third-order valence-corrected chi connectivity index (χ3v) is 2.84. The van der Waals surface area contributed by atoms with Crippen molar-refractivity contribution >= 4 is 23.6 Å². The van der Waals surface area contributed by atoms with Gasteiger partial charge in [-0.05, 0) is 29.7 Å². The highest BCUT2D eigenvalue weighted by molar-refractivity contribution is 6.32. The van der Waals surface area contributed by atoms with Crippen molar-refractivity contribution in [2.75, 3.05) is 13.3 Å². The maximum Gasteiger partial charge on any atom is 0.244 e. The molecule has 1 amide bonds. The number of nitrogens with one attached hydrogen (secondary N) is 1. The molecule has 0 radical (unpaired) electrons. The monoisotopic (exact) mass is 281 g/mol. The van der Waals surface area contributed by atoms with Gasteiger partial charge in [-0.3, -0.25) is 4.79 Å². The van der Waals surface area contributed by atoms with E-state index in [4.69, 9.17) is 21.1 Å². The average molecular weight is 282 g/mol. The number of rotatable bonds is 4. The molecule has 1 aromatic carbocycles. The summed E-state index contributed by atoms with van der Waals surface area (Å²) < 4.78 is 10.5. The lowest BCUT2D eigenvalue weighted by Gasteiger charge is -2.04. The molecular formula is C14H16ClNO3. The maximum absolute atomic E-state index is 11.6. The summed E-state index contributed by atoms with van der Waals surface area (Å²) in [4.78, 5) is 11.6. The van der Waals surface area contributed by atoms with E-state index in [9.17, 15) is 4.79 Å². The molecular weight excluding hydrogens is 266 g/mol. The van der Waals surface area contributed by atoms with Crippen LogP contribution in [-0.2, 0) is 4.79 Å². The van der Waals surface area contributed by atoms with Crippen LogP contribution in [0.3, 0.4) is 0 Å². The number of ether oxygens (including phenoxy) is 2. The Hall–Kier alpha value is -1.68. The minimum Gasteiger partial charge on any atom is -0.454 e. The Labute approximate surface area is 117 Å². The largest absolute Gasteiger partial charge is 0.454 e. The molecule has 0 aliphatic carbocycles. The fourth-order valence-corrected chi connectivity index (χ4v) is 1.89. The van der Waals surface area contributed by atoms with Gasteiger partial charge in [0, 0.05) is 12.6 Å². The van der Waals surface area contributed by atoms with Gasteiger partial charge in [0.15, 0.2) is 11.5 Å². The van der Waals surface area contributed by atoms with Crippen molar-refractivity contribution in [3.05, 3.63) is 28.8 Å². The van der Waals surface area contributed by atoms with Crippen molar-refractivity contribution in [2.24, 2.45) is 5.92 Å². The summed E-state index contributed by atoms with van der Waals surface area (Å²) in [6.45, 7) is 4.92. The Morgan fingerprint density at radius 1 is 1.47 bits per heavy atom. The minimum atomic E-state index is -0.123. The molecule has 0 atom stereocenters. The van der Waals surface area contributed by atoms with Crippen molar-refractivity contribution in [1.29, 1.82) is 0 Å². The van der Waals surface area contributed by atoms with Crippen LogP contribution in [0.5, 0.6) is 11.5 Å². The van der Waals surface area contributed by atoms with Gasteiger partial charge in [-0.25, -0.2) is 0 Å². The van der Waals surface area contributed by atoms with E-state index in [1.165, 1.54) is 6.08 Å². The molecule has 1 N–H and O–H groups in total. The molecule has 102 valence electrons. The lowest BCUT2D eigenvalue weighted by atomic mass is 10.2. The molecule has 1 heterocycles. The normalized spacial score (nSPS) is 13.3. The third-order valence-electron chi connectivity index (χ3n) is 2.56. The van der Waals surface area contributed by atoms with Gasteiger partial charge in [0.1, 0.15) is 0 Å². The van der Waals surface area contributed by atoms with E-state index in [0.29, 0.717) is 29.0 Å². The quantitative estimate of drug-likeness (QED) is 0.863. The van der Waals surface area contributed by atoms with Crippen molar-refractivity contribution in [3.8, 4) is 11.5 Å². The summed E-state index contributed by atoms with van der Waals surface area (Å²) in [6.07, 6.45) is 3.18. The van der Waals surface area contributed by atoms with Gasteiger partial charge in [0.05, 0.1) is 5.02 Å². The zero-order valence-corrected chi connectivity index (χ0v) is 11.7. The lowest BCUT2D eigenvalue weighted by molar-refractivity contribution is -0.116. The predicted octanol–water partition coefficient (Wildman–Crippen LogP) is 2.85. The molecule has 5 heteroatoms. The van der Waals surface area contributed by atoms with Crippen molar-refractivity contribution in [2.45, 2.75) is 13.8 Å². The number of halogens is 1. The zero-order valence-electron chi connectivity index (χ0n) is 10.9. The van der Waals surface area contributed by atoms with Crippen LogP contribution in [0.25, 0.3) is 6.08 Å². The molecule has 4 nitrogen and oxygen atoms in total. The van der Waals surface area contributed by atoms with E-state index < -0.39 is 0 Å². The Bertz CT molecular complexity index is 512. The highest BCUT2D eigenvalue weighted by Gasteiger charge is 2.17. The van der Waals surface area contributed by atoms with Crippen LogP contribution in [0, 0.1) is 5.92 Å². The first-order chi connectivity index (χ1) is 9.06. The molecule has 1 aliphatic rings. The molecule has 1 aliphatic heterocycles. The molecule has 2 rings (SSSR count). The van der Waals surface area contributed by atoms with Crippen LogP contribution in [-0.4, -0.2) is 19.2 Å². The first kappa shape index (κ1) is 13.7. The summed E-state index contributed by atoms with van der Waals surface area (Å²) in [7, 11) is 0. The third kappa shape index (κ3) is 3.64. The van der Waals surface area contributed by atoms with Gasteiger partial charge in [0.2, 0.25) is 12.7 Å². The molecule has 0 fully saturated rings. The van der Waals surface area contributed by atoms with E-state index >= 15 is 0 Å². The highest BCUT2D eigenvalue weighted by Crippen LogP contribution is 2.39. The second-order valence-electron chi connectivity index (χ2n) is 4.71. The van der Waals surface area contributed by atoms with Crippen LogP contribution in [0.4, 0.5) is 0 Å². The Morgan fingerprint density at radius 3 is 3.00 bits per heavy atom. The number of benzene rings is 1. The maximum atomic E-state index is 11.6. The van der Waals surface area contributed by atoms with E-state index in [1.807, 2.05) is 13.8 Å². The van der Waals surface area contributed by atoms with Crippen LogP contribution in [0.15, 0.2) is 18.2 Å². The van der Waals surface area contributed by atoms with Crippen molar-refractivity contribution in [1.82, 2.24) is 5.32 Å². The topological polar surface area (TPSA) is 47.6 Å². The van der Waals surface area contributed by atoms with E-state index in [2.05, 4.69) is 5.32 Å².